The highest BCUT2D eigenvalue weighted by molar-refractivity contribution is 5.94. The fraction of sp³-hybridized carbons (Fsp3) is 0.607. The molecule has 0 aromatic heterocycles. The molecular weight excluding hydrogens is 857 g/mol. The SMILES string of the molecule is C=CCN1CCC23C(=C(C(=O)OC)C[C@@H](CC(CCC)C4OCCO4)C12)Nc1ccccc13.CCCC(C[C@@H]1CC(C(=O)OC)=C2Nc3ccccc3C23CCN(CC=C(C)C)C13)C1OCCO1. The molecule has 0 radical (unpaired) electrons. The number of benzene rings is 2. The van der Waals surface area contributed by atoms with Gasteiger partial charge in [-0.3, -0.25) is 9.80 Å². The molecule has 12 heteroatoms. The number of esters is 2. The predicted octanol–water partition coefficient (Wildman–Crippen LogP) is 9.25. The van der Waals surface area contributed by atoms with E-state index in [9.17, 15) is 9.59 Å². The van der Waals surface area contributed by atoms with Crippen LogP contribution in [0.25, 0.3) is 0 Å². The largest absolute Gasteiger partial charge is 0.466 e. The van der Waals surface area contributed by atoms with Gasteiger partial charge in [-0.2, -0.15) is 0 Å². The molecule has 368 valence electrons. The second-order valence-corrected chi connectivity index (χ2v) is 20.6. The number of nitrogens with one attached hydrogen (secondary N) is 2. The number of anilines is 2. The van der Waals surface area contributed by atoms with Crippen LogP contribution in [-0.4, -0.2) is 113 Å². The first kappa shape index (κ1) is 48.7. The summed E-state index contributed by atoms with van der Waals surface area (Å²) in [5.74, 6) is 0.819. The summed E-state index contributed by atoms with van der Waals surface area (Å²) >= 11 is 0. The van der Waals surface area contributed by atoms with Gasteiger partial charge in [0, 0.05) is 72.9 Å². The van der Waals surface area contributed by atoms with Crippen molar-refractivity contribution in [3.63, 3.8) is 0 Å². The lowest BCUT2D eigenvalue weighted by Crippen LogP contribution is -2.52. The van der Waals surface area contributed by atoms with Gasteiger partial charge in [0.15, 0.2) is 12.6 Å². The summed E-state index contributed by atoms with van der Waals surface area (Å²) in [4.78, 5) is 31.5. The van der Waals surface area contributed by atoms with E-state index in [1.807, 2.05) is 6.08 Å². The van der Waals surface area contributed by atoms with Crippen LogP contribution in [-0.2, 0) is 48.8 Å². The molecule has 4 saturated heterocycles. The van der Waals surface area contributed by atoms with E-state index >= 15 is 0 Å². The molecule has 0 saturated carbocycles. The van der Waals surface area contributed by atoms with Crippen LogP contribution < -0.4 is 10.6 Å². The van der Waals surface area contributed by atoms with Crippen molar-refractivity contribution in [3.05, 3.63) is 107 Å². The quantitative estimate of drug-likeness (QED) is 0.123. The number of methoxy groups -OCH3 is 2. The number of carbonyl (C=O) groups excluding carboxylic acids is 2. The molecule has 2 N–H and O–H groups in total. The molecule has 6 unspecified atom stereocenters. The van der Waals surface area contributed by atoms with Crippen molar-refractivity contribution in [2.45, 2.75) is 127 Å². The van der Waals surface area contributed by atoms with Crippen LogP contribution in [0.3, 0.4) is 0 Å². The van der Waals surface area contributed by atoms with Crippen molar-refractivity contribution in [3.8, 4) is 0 Å². The molecule has 2 aromatic rings. The average molecular weight is 933 g/mol. The fourth-order valence-electron chi connectivity index (χ4n) is 14.2. The van der Waals surface area contributed by atoms with Gasteiger partial charge < -0.3 is 39.1 Å². The lowest BCUT2D eigenvalue weighted by atomic mass is 9.61. The molecule has 6 heterocycles. The van der Waals surface area contributed by atoms with Crippen LogP contribution in [0.5, 0.6) is 0 Å². The first-order chi connectivity index (χ1) is 33.1. The Morgan fingerprint density at radius 2 is 1.13 bits per heavy atom. The van der Waals surface area contributed by atoms with E-state index < -0.39 is 0 Å². The highest BCUT2D eigenvalue weighted by Crippen LogP contribution is 2.61. The monoisotopic (exact) mass is 933 g/mol. The van der Waals surface area contributed by atoms with Crippen molar-refractivity contribution in [2.75, 3.05) is 77.5 Å². The van der Waals surface area contributed by atoms with Crippen LogP contribution in [0, 0.1) is 23.7 Å². The van der Waals surface area contributed by atoms with Crippen molar-refractivity contribution in [1.82, 2.24) is 9.80 Å². The Kier molecular flexibility index (Phi) is 15.0. The van der Waals surface area contributed by atoms with E-state index in [4.69, 9.17) is 28.4 Å². The number of allylic oxidation sites excluding steroid dienone is 1. The normalized spacial score (nSPS) is 29.3. The molecule has 10 rings (SSSR count). The lowest BCUT2D eigenvalue weighted by Gasteiger charge is -2.46. The molecule has 2 spiro atoms. The first-order valence-electron chi connectivity index (χ1n) is 25.7. The maximum Gasteiger partial charge on any atom is 0.335 e. The number of hydrogen-bond acceptors (Lipinski definition) is 12. The van der Waals surface area contributed by atoms with Crippen molar-refractivity contribution in [2.24, 2.45) is 23.7 Å². The summed E-state index contributed by atoms with van der Waals surface area (Å²) in [5.41, 5.74) is 9.54. The number of likely N-dealkylation sites (tertiary alicyclic amines) is 2. The zero-order chi connectivity index (χ0) is 47.6. The molecule has 12 nitrogen and oxygen atoms in total. The molecule has 2 aliphatic carbocycles. The standard InChI is InChI=1S/C29H40N2O4.C27H36N2O4/c1-5-8-20(28-34-15-16-35-28)17-21-18-22(27(32)33-4)25-29(23-9-6-7-10-24(23)30-25)12-14-31(26(21)29)13-11-19(2)3;1-4-8-18(26-32-14-15-33-26)16-19-17-20(25(30)31-3)23-27(11-13-29(12-5-2)24(19)27)21-9-6-7-10-22(21)28-23/h6-7,9-11,20-21,26,28,30H,5,8,12-18H2,1-4H3;5-7,9-10,18-19,24,26,28H,2,4,8,11-17H2,1,3H3/t20?,21-,26?,29?;18?,19-,24?,27?/m11/s1. The molecule has 8 atom stereocenters. The minimum atomic E-state index is -0.222. The zero-order valence-corrected chi connectivity index (χ0v) is 41.5. The predicted molar refractivity (Wildman–Crippen MR) is 265 cm³/mol. The Labute approximate surface area is 404 Å². The van der Waals surface area contributed by atoms with E-state index in [1.165, 1.54) is 30.9 Å². The highest BCUT2D eigenvalue weighted by Gasteiger charge is 2.62. The van der Waals surface area contributed by atoms with Gasteiger partial charge in [0.2, 0.25) is 0 Å². The third kappa shape index (κ3) is 8.69. The van der Waals surface area contributed by atoms with Gasteiger partial charge in [-0.1, -0.05) is 80.8 Å². The number of para-hydroxylation sites is 2. The summed E-state index contributed by atoms with van der Waals surface area (Å²) < 4.78 is 34.6. The number of carbonyl (C=O) groups is 2. The van der Waals surface area contributed by atoms with Gasteiger partial charge >= 0.3 is 11.9 Å². The number of hydrogen-bond donors (Lipinski definition) is 2. The maximum atomic E-state index is 13.2. The number of rotatable bonds is 16. The van der Waals surface area contributed by atoms with Gasteiger partial charge in [0.05, 0.1) is 62.6 Å². The molecular formula is C56H76N4O8. The van der Waals surface area contributed by atoms with Crippen molar-refractivity contribution < 1.29 is 38.0 Å². The number of ether oxygens (including phenoxy) is 6. The van der Waals surface area contributed by atoms with Gasteiger partial charge in [-0.25, -0.2) is 9.59 Å². The van der Waals surface area contributed by atoms with Crippen LogP contribution in [0.1, 0.15) is 103 Å². The Morgan fingerprint density at radius 1 is 0.706 bits per heavy atom. The summed E-state index contributed by atoms with van der Waals surface area (Å²) in [5, 5.41) is 7.35. The van der Waals surface area contributed by atoms with Gasteiger partial charge in [0.1, 0.15) is 0 Å². The van der Waals surface area contributed by atoms with Crippen LogP contribution in [0.2, 0.25) is 0 Å². The van der Waals surface area contributed by atoms with Crippen LogP contribution in [0.4, 0.5) is 11.4 Å². The van der Waals surface area contributed by atoms with Crippen LogP contribution in [0.15, 0.2) is 95.4 Å². The van der Waals surface area contributed by atoms with E-state index in [-0.39, 0.29) is 41.4 Å². The molecule has 6 aliphatic heterocycles. The smallest absolute Gasteiger partial charge is 0.335 e. The van der Waals surface area contributed by atoms with Gasteiger partial charge in [0.25, 0.3) is 0 Å². The summed E-state index contributed by atoms with van der Waals surface area (Å²) in [6, 6.07) is 17.8. The minimum absolute atomic E-state index is 0.139. The molecule has 4 fully saturated rings. The first-order valence-corrected chi connectivity index (χ1v) is 25.7. The van der Waals surface area contributed by atoms with Crippen molar-refractivity contribution >= 4 is 23.3 Å². The van der Waals surface area contributed by atoms with Crippen molar-refractivity contribution in [1.29, 1.82) is 0 Å². The third-order valence-electron chi connectivity index (χ3n) is 16.6. The van der Waals surface area contributed by atoms with E-state index in [0.29, 0.717) is 69.0 Å². The number of nitrogens with zero attached hydrogens (tertiary/aromatic N) is 2. The van der Waals surface area contributed by atoms with Gasteiger partial charge in [-0.05, 0) is 100 Å². The maximum absolute atomic E-state index is 13.2. The highest BCUT2D eigenvalue weighted by atomic mass is 16.7. The minimum Gasteiger partial charge on any atom is -0.466 e. The van der Waals surface area contributed by atoms with Gasteiger partial charge in [-0.15, -0.1) is 6.58 Å². The number of fused-ring (bicyclic) bond motifs is 2. The fourth-order valence-corrected chi connectivity index (χ4v) is 14.2. The lowest BCUT2D eigenvalue weighted by molar-refractivity contribution is -0.137. The third-order valence-corrected chi connectivity index (χ3v) is 16.6. The Hall–Kier alpha value is -4.30. The Morgan fingerprint density at radius 3 is 1.53 bits per heavy atom. The Bertz CT molecular complexity index is 2260. The average Bonchev–Trinajstić information content (AvgIpc) is 4.23. The van der Waals surface area contributed by atoms with E-state index in [2.05, 4.69) is 109 Å². The second kappa shape index (κ2) is 21.0. The Balaban J connectivity index is 0.000000170. The topological polar surface area (TPSA) is 120 Å². The second-order valence-electron chi connectivity index (χ2n) is 20.6. The summed E-state index contributed by atoms with van der Waals surface area (Å²) in [6.07, 6.45) is 13.7. The molecule has 8 aliphatic rings. The zero-order valence-electron chi connectivity index (χ0n) is 41.5. The molecule has 0 bridgehead atoms. The van der Waals surface area contributed by atoms with Crippen LogP contribution >= 0.6 is 0 Å². The summed E-state index contributed by atoms with van der Waals surface area (Å²) in [6.45, 7) is 19.3. The van der Waals surface area contributed by atoms with E-state index in [1.54, 1.807) is 0 Å². The molecule has 2 aromatic carbocycles. The summed E-state index contributed by atoms with van der Waals surface area (Å²) in [7, 11) is 2.99. The molecule has 0 amide bonds. The molecule has 68 heavy (non-hydrogen) atoms. The van der Waals surface area contributed by atoms with E-state index in [0.717, 1.165) is 111 Å².